The maximum Gasteiger partial charge on any atom is 0.345 e. The number of anilines is 1. The van der Waals surface area contributed by atoms with Crippen LogP contribution in [0.15, 0.2) is 78.4 Å². The van der Waals surface area contributed by atoms with Crippen LogP contribution in [-0.2, 0) is 9.59 Å². The molecule has 1 N–H and O–H groups in total. The number of nitrogens with zero attached hydrogens (tertiary/aromatic N) is 1. The zero-order chi connectivity index (χ0) is 22.0. The summed E-state index contributed by atoms with van der Waals surface area (Å²) in [6.45, 7) is 0. The second kappa shape index (κ2) is 8.63. The molecule has 0 aromatic heterocycles. The van der Waals surface area contributed by atoms with Gasteiger partial charge in [-0.25, -0.2) is 9.80 Å². The number of para-hydroxylation sites is 2. The summed E-state index contributed by atoms with van der Waals surface area (Å²) in [5.74, 6) is -1.60. The van der Waals surface area contributed by atoms with Gasteiger partial charge < -0.3 is 4.74 Å². The number of hydrazine groups is 1. The van der Waals surface area contributed by atoms with E-state index in [-0.39, 0.29) is 21.9 Å². The number of amides is 2. The van der Waals surface area contributed by atoms with Gasteiger partial charge in [0, 0.05) is 10.6 Å². The van der Waals surface area contributed by atoms with E-state index in [2.05, 4.69) is 5.43 Å². The second-order valence-electron chi connectivity index (χ2n) is 6.53. The molecule has 1 aliphatic rings. The van der Waals surface area contributed by atoms with Crippen LogP contribution in [0.4, 0.5) is 5.69 Å². The molecular formula is C23H14Cl2N2O4. The molecular weight excluding hydrogens is 439 g/mol. The van der Waals surface area contributed by atoms with Gasteiger partial charge in [-0.05, 0) is 42.5 Å². The summed E-state index contributed by atoms with van der Waals surface area (Å²) in [5.41, 5.74) is 3.49. The molecule has 0 atom stereocenters. The van der Waals surface area contributed by atoms with Gasteiger partial charge >= 0.3 is 5.97 Å². The number of hydrogen-bond donors (Lipinski definition) is 1. The minimum atomic E-state index is -0.694. The Balaban J connectivity index is 1.63. The van der Waals surface area contributed by atoms with Crippen LogP contribution in [-0.4, -0.2) is 17.8 Å². The first-order chi connectivity index (χ1) is 14.9. The molecule has 6 nitrogen and oxygen atoms in total. The Morgan fingerprint density at radius 2 is 1.65 bits per heavy atom. The Morgan fingerprint density at radius 1 is 0.935 bits per heavy atom. The van der Waals surface area contributed by atoms with Gasteiger partial charge in [0.1, 0.15) is 11.3 Å². The molecule has 0 aliphatic carbocycles. The second-order valence-corrected chi connectivity index (χ2v) is 7.37. The lowest BCUT2D eigenvalue weighted by atomic mass is 10.1. The summed E-state index contributed by atoms with van der Waals surface area (Å²) in [7, 11) is 0. The number of halogens is 2. The average molecular weight is 453 g/mol. The molecule has 0 unspecified atom stereocenters. The monoisotopic (exact) mass is 452 g/mol. The fourth-order valence-corrected chi connectivity index (χ4v) is 3.46. The number of carbonyl (C=O) groups excluding carboxylic acids is 3. The van der Waals surface area contributed by atoms with Crippen molar-refractivity contribution in [3.05, 3.63) is 99.5 Å². The highest BCUT2D eigenvalue weighted by molar-refractivity contribution is 6.36. The van der Waals surface area contributed by atoms with Crippen molar-refractivity contribution in [2.24, 2.45) is 0 Å². The van der Waals surface area contributed by atoms with Crippen LogP contribution in [0.25, 0.3) is 6.08 Å². The topological polar surface area (TPSA) is 75.7 Å². The first kappa shape index (κ1) is 20.7. The number of rotatable bonds is 4. The van der Waals surface area contributed by atoms with E-state index in [1.54, 1.807) is 54.6 Å². The third-order valence-electron chi connectivity index (χ3n) is 4.48. The summed E-state index contributed by atoms with van der Waals surface area (Å²) in [4.78, 5) is 37.8. The van der Waals surface area contributed by atoms with Gasteiger partial charge in [-0.3, -0.25) is 15.0 Å². The molecule has 3 aromatic carbocycles. The van der Waals surface area contributed by atoms with Crippen molar-refractivity contribution in [3.8, 4) is 5.75 Å². The normalized spacial score (nSPS) is 14.6. The summed E-state index contributed by atoms with van der Waals surface area (Å²) in [6, 6.07) is 19.7. The predicted molar refractivity (Wildman–Crippen MR) is 118 cm³/mol. The number of carbonyl (C=O) groups is 3. The molecule has 1 fully saturated rings. The first-order valence-electron chi connectivity index (χ1n) is 9.12. The fraction of sp³-hybridized carbons (Fsp3) is 0. The van der Waals surface area contributed by atoms with Crippen LogP contribution in [0, 0.1) is 0 Å². The molecule has 1 saturated heterocycles. The van der Waals surface area contributed by atoms with Gasteiger partial charge in [0.05, 0.1) is 16.3 Å². The maximum atomic E-state index is 12.8. The quantitative estimate of drug-likeness (QED) is 0.270. The van der Waals surface area contributed by atoms with Crippen LogP contribution >= 0.6 is 23.2 Å². The molecule has 1 heterocycles. The lowest BCUT2D eigenvalue weighted by molar-refractivity contribution is -0.117. The summed E-state index contributed by atoms with van der Waals surface area (Å²) in [6.07, 6.45) is 1.38. The van der Waals surface area contributed by atoms with Crippen LogP contribution in [0.1, 0.15) is 15.9 Å². The highest BCUT2D eigenvalue weighted by Gasteiger charge is 2.34. The minimum absolute atomic E-state index is 0.0862. The van der Waals surface area contributed by atoms with E-state index in [0.717, 1.165) is 5.01 Å². The number of nitrogens with one attached hydrogen (secondary N) is 1. The molecule has 1 aliphatic heterocycles. The molecule has 4 rings (SSSR count). The van der Waals surface area contributed by atoms with E-state index in [1.807, 2.05) is 0 Å². The average Bonchev–Trinajstić information content (AvgIpc) is 3.04. The standard InChI is InChI=1S/C23H14Cl2N2O4/c24-15-10-11-17(19(25)13-15)23(30)31-20-9-5-4-6-14(20)12-18-21(28)26-27(22(18)29)16-7-2-1-3-8-16/h1-13H,(H,26,28). The van der Waals surface area contributed by atoms with Crippen molar-refractivity contribution in [2.45, 2.75) is 0 Å². The number of esters is 1. The van der Waals surface area contributed by atoms with E-state index in [9.17, 15) is 14.4 Å². The molecule has 3 aromatic rings. The van der Waals surface area contributed by atoms with Crippen molar-refractivity contribution in [3.63, 3.8) is 0 Å². The largest absolute Gasteiger partial charge is 0.422 e. The van der Waals surface area contributed by atoms with Gasteiger partial charge in [0.2, 0.25) is 0 Å². The molecule has 8 heteroatoms. The van der Waals surface area contributed by atoms with Crippen molar-refractivity contribution in [1.82, 2.24) is 5.43 Å². The van der Waals surface area contributed by atoms with Gasteiger partial charge in [-0.15, -0.1) is 0 Å². The Kier molecular flexibility index (Phi) is 5.75. The van der Waals surface area contributed by atoms with Crippen molar-refractivity contribution in [1.29, 1.82) is 0 Å². The third kappa shape index (κ3) is 4.30. The van der Waals surface area contributed by atoms with Gasteiger partial charge in [-0.2, -0.15) is 0 Å². The first-order valence-corrected chi connectivity index (χ1v) is 9.88. The summed E-state index contributed by atoms with van der Waals surface area (Å²) in [5, 5.41) is 1.70. The van der Waals surface area contributed by atoms with Gasteiger partial charge in [0.25, 0.3) is 11.8 Å². The van der Waals surface area contributed by atoms with Crippen LogP contribution in [0.5, 0.6) is 5.75 Å². The molecule has 0 radical (unpaired) electrons. The Bertz CT molecular complexity index is 1230. The Hall–Kier alpha value is -3.61. The minimum Gasteiger partial charge on any atom is -0.422 e. The molecule has 2 amide bonds. The molecule has 31 heavy (non-hydrogen) atoms. The highest BCUT2D eigenvalue weighted by atomic mass is 35.5. The number of hydrogen-bond acceptors (Lipinski definition) is 4. The van der Waals surface area contributed by atoms with E-state index >= 15 is 0 Å². The third-order valence-corrected chi connectivity index (χ3v) is 5.03. The zero-order valence-electron chi connectivity index (χ0n) is 15.8. The summed E-state index contributed by atoms with van der Waals surface area (Å²) < 4.78 is 5.48. The Labute approximate surface area is 187 Å². The molecule has 0 saturated carbocycles. The SMILES string of the molecule is O=C1NN(c2ccccc2)C(=O)C1=Cc1ccccc1OC(=O)c1ccc(Cl)cc1Cl. The smallest absolute Gasteiger partial charge is 0.345 e. The summed E-state index contributed by atoms with van der Waals surface area (Å²) >= 11 is 11.9. The number of benzene rings is 3. The van der Waals surface area contributed by atoms with Crippen molar-refractivity contribution < 1.29 is 19.1 Å². The van der Waals surface area contributed by atoms with E-state index < -0.39 is 17.8 Å². The van der Waals surface area contributed by atoms with E-state index in [1.165, 1.54) is 24.3 Å². The van der Waals surface area contributed by atoms with Crippen LogP contribution < -0.4 is 15.2 Å². The lowest BCUT2D eigenvalue weighted by Crippen LogP contribution is -2.35. The van der Waals surface area contributed by atoms with Gasteiger partial charge in [0.15, 0.2) is 0 Å². The van der Waals surface area contributed by atoms with Crippen LogP contribution in [0.2, 0.25) is 10.0 Å². The van der Waals surface area contributed by atoms with Crippen LogP contribution in [0.3, 0.4) is 0 Å². The zero-order valence-corrected chi connectivity index (χ0v) is 17.4. The predicted octanol–water partition coefficient (Wildman–Crippen LogP) is 4.67. The van der Waals surface area contributed by atoms with Gasteiger partial charge in [-0.1, -0.05) is 59.6 Å². The molecule has 0 spiro atoms. The highest BCUT2D eigenvalue weighted by Crippen LogP contribution is 2.27. The van der Waals surface area contributed by atoms with E-state index in [4.69, 9.17) is 27.9 Å². The fourth-order valence-electron chi connectivity index (χ4n) is 2.97. The van der Waals surface area contributed by atoms with Crippen molar-refractivity contribution >= 4 is 52.7 Å². The maximum absolute atomic E-state index is 12.8. The lowest BCUT2D eigenvalue weighted by Gasteiger charge is -2.14. The molecule has 0 bridgehead atoms. The van der Waals surface area contributed by atoms with E-state index in [0.29, 0.717) is 16.3 Å². The van der Waals surface area contributed by atoms with Crippen molar-refractivity contribution in [2.75, 3.05) is 5.01 Å². The Morgan fingerprint density at radius 3 is 2.39 bits per heavy atom. The molecule has 154 valence electrons. The number of ether oxygens (including phenoxy) is 1.